The van der Waals surface area contributed by atoms with Gasteiger partial charge in [-0.1, -0.05) is 12.2 Å². The molecule has 1 aromatic rings. The van der Waals surface area contributed by atoms with Gasteiger partial charge in [0.25, 0.3) is 0 Å². The average molecular weight is 304 g/mol. The smallest absolute Gasteiger partial charge is 0.191 e. The number of hydrogen-bond donors (Lipinski definition) is 2. The molecule has 0 bridgehead atoms. The van der Waals surface area contributed by atoms with Crippen LogP contribution in [0.5, 0.6) is 5.75 Å². The van der Waals surface area contributed by atoms with Crippen LogP contribution in [0.2, 0.25) is 0 Å². The van der Waals surface area contributed by atoms with E-state index in [0.29, 0.717) is 18.1 Å². The third-order valence-corrected chi connectivity index (χ3v) is 3.38. The van der Waals surface area contributed by atoms with E-state index < -0.39 is 0 Å². The number of pyridine rings is 1. The molecule has 2 aliphatic rings. The number of allylic oxidation sites excluding steroid dienone is 3. The molecule has 0 saturated heterocycles. The van der Waals surface area contributed by atoms with E-state index in [9.17, 15) is 0 Å². The van der Waals surface area contributed by atoms with Gasteiger partial charge in [0.15, 0.2) is 5.11 Å². The summed E-state index contributed by atoms with van der Waals surface area (Å²) in [6.45, 7) is 0.604. The lowest BCUT2D eigenvalue weighted by Gasteiger charge is -2.18. The largest absolute Gasteiger partial charge is 0.491 e. The Morgan fingerprint density at radius 2 is 2.38 bits per heavy atom. The number of fused-ring (bicyclic) bond motifs is 1. The van der Waals surface area contributed by atoms with Gasteiger partial charge in [-0.25, -0.2) is 0 Å². The quantitative estimate of drug-likeness (QED) is 0.650. The predicted octanol–water partition coefficient (Wildman–Crippen LogP) is 2.76. The summed E-state index contributed by atoms with van der Waals surface area (Å²) in [5, 5.41) is 7.95. The van der Waals surface area contributed by atoms with Gasteiger partial charge in [0.1, 0.15) is 11.4 Å². The van der Waals surface area contributed by atoms with E-state index in [1.165, 1.54) is 0 Å². The Bertz CT molecular complexity index is 646. The van der Waals surface area contributed by atoms with Crippen LogP contribution >= 0.6 is 12.2 Å². The molecule has 1 aromatic heterocycles. The van der Waals surface area contributed by atoms with Gasteiger partial charge >= 0.3 is 0 Å². The molecule has 6 heteroatoms. The topological polar surface area (TPSA) is 58.5 Å². The Morgan fingerprint density at radius 1 is 1.43 bits per heavy atom. The summed E-state index contributed by atoms with van der Waals surface area (Å²) >= 11 is 5.25. The van der Waals surface area contributed by atoms with Gasteiger partial charge in [0.2, 0.25) is 0 Å². The van der Waals surface area contributed by atoms with Crippen molar-refractivity contribution in [3.05, 3.63) is 47.9 Å². The molecule has 0 aromatic carbocycles. The molecule has 2 heterocycles. The zero-order valence-electron chi connectivity index (χ0n) is 11.5. The first-order valence-corrected chi connectivity index (χ1v) is 7.32. The molecule has 0 unspecified atom stereocenters. The van der Waals surface area contributed by atoms with E-state index in [-0.39, 0.29) is 2.85 Å². The van der Waals surface area contributed by atoms with Crippen LogP contribution in [0, 0.1) is 0 Å². The average Bonchev–Trinajstić information content (AvgIpc) is 2.54. The second-order valence-corrected chi connectivity index (χ2v) is 5.12. The zero-order valence-corrected chi connectivity index (χ0v) is 12.3. The second kappa shape index (κ2) is 6.49. The number of nitrogens with one attached hydrogen (secondary N) is 2. The first kappa shape index (κ1) is 13.8. The summed E-state index contributed by atoms with van der Waals surface area (Å²) in [5.41, 5.74) is 5.51. The summed E-state index contributed by atoms with van der Waals surface area (Å²) in [6.07, 6.45) is 10.8. The van der Waals surface area contributed by atoms with Gasteiger partial charge < -0.3 is 10.1 Å². The Kier molecular flexibility index (Phi) is 4.25. The van der Waals surface area contributed by atoms with Crippen molar-refractivity contribution >= 4 is 23.0 Å². The molecular formula is C15H20N4OS. The highest BCUT2D eigenvalue weighted by atomic mass is 32.1. The van der Waals surface area contributed by atoms with Crippen LogP contribution in [0.1, 0.15) is 27.8 Å². The summed E-state index contributed by atoms with van der Waals surface area (Å²) < 4.78 is 5.54. The van der Waals surface area contributed by atoms with Crippen molar-refractivity contribution in [3.8, 4) is 5.75 Å². The van der Waals surface area contributed by atoms with Crippen molar-refractivity contribution in [1.29, 1.82) is 0 Å². The van der Waals surface area contributed by atoms with Gasteiger partial charge in [-0.2, -0.15) is 5.10 Å². The molecule has 0 amide bonds. The minimum absolute atomic E-state index is 0. The first-order valence-electron chi connectivity index (χ1n) is 6.91. The molecule has 5 nitrogen and oxygen atoms in total. The number of aromatic nitrogens is 1. The number of thiocarbonyl (C=S) groups is 1. The van der Waals surface area contributed by atoms with Crippen molar-refractivity contribution in [2.24, 2.45) is 5.10 Å². The maximum absolute atomic E-state index is 5.54. The van der Waals surface area contributed by atoms with Crippen LogP contribution in [0.4, 0.5) is 0 Å². The zero-order chi connectivity index (χ0) is 14.5. The third kappa shape index (κ3) is 3.46. The molecular weight excluding hydrogens is 284 g/mol. The number of rotatable bonds is 2. The van der Waals surface area contributed by atoms with Crippen LogP contribution in [0.15, 0.2) is 47.4 Å². The maximum Gasteiger partial charge on any atom is 0.191 e. The van der Waals surface area contributed by atoms with Crippen LogP contribution in [0.25, 0.3) is 0 Å². The van der Waals surface area contributed by atoms with Crippen molar-refractivity contribution < 1.29 is 7.59 Å². The normalized spacial score (nSPS) is 18.5. The number of hydrogen-bond acceptors (Lipinski definition) is 4. The predicted molar refractivity (Wildman–Crippen MR) is 90.4 cm³/mol. The van der Waals surface area contributed by atoms with Gasteiger partial charge in [-0.05, 0) is 43.3 Å². The summed E-state index contributed by atoms with van der Waals surface area (Å²) in [5.74, 6) is 0.765. The first-order chi connectivity index (χ1) is 10.3. The molecule has 0 saturated carbocycles. The van der Waals surface area contributed by atoms with Crippen molar-refractivity contribution in [2.45, 2.75) is 19.3 Å². The van der Waals surface area contributed by atoms with E-state index in [4.69, 9.17) is 17.0 Å². The Labute approximate surface area is 131 Å². The molecule has 21 heavy (non-hydrogen) atoms. The van der Waals surface area contributed by atoms with Crippen molar-refractivity contribution in [2.75, 3.05) is 6.61 Å². The number of hydrazone groups is 1. The van der Waals surface area contributed by atoms with E-state index in [1.807, 2.05) is 18.2 Å². The van der Waals surface area contributed by atoms with E-state index in [1.54, 1.807) is 6.20 Å². The monoisotopic (exact) mass is 304 g/mol. The fourth-order valence-corrected chi connectivity index (χ4v) is 2.36. The van der Waals surface area contributed by atoms with Crippen LogP contribution in [-0.2, 0) is 0 Å². The SMILES string of the molecule is S=C(N/N=C1/CCOc2cccnc21)NC1=CCCC=C1.[HH].[HH]. The van der Waals surface area contributed by atoms with E-state index in [2.05, 4.69) is 33.0 Å². The van der Waals surface area contributed by atoms with E-state index in [0.717, 1.165) is 35.7 Å². The third-order valence-electron chi connectivity index (χ3n) is 3.19. The minimum Gasteiger partial charge on any atom is -0.491 e. The fraction of sp³-hybridized carbons (Fsp3) is 0.267. The highest BCUT2D eigenvalue weighted by Crippen LogP contribution is 2.21. The molecule has 1 aliphatic carbocycles. The summed E-state index contributed by atoms with van der Waals surface area (Å²) in [6, 6.07) is 3.74. The molecule has 112 valence electrons. The molecule has 0 atom stereocenters. The summed E-state index contributed by atoms with van der Waals surface area (Å²) in [7, 11) is 0. The molecule has 3 rings (SSSR count). The Morgan fingerprint density at radius 3 is 3.24 bits per heavy atom. The maximum atomic E-state index is 5.54. The molecule has 1 aliphatic heterocycles. The summed E-state index contributed by atoms with van der Waals surface area (Å²) in [4.78, 5) is 4.31. The van der Waals surface area contributed by atoms with Gasteiger partial charge in [0.05, 0.1) is 12.3 Å². The molecule has 0 radical (unpaired) electrons. The molecule has 0 spiro atoms. The lowest BCUT2D eigenvalue weighted by Crippen LogP contribution is -2.32. The van der Waals surface area contributed by atoms with Gasteiger partial charge in [-0.3, -0.25) is 10.4 Å². The number of ether oxygens (including phenoxy) is 1. The Balaban J connectivity index is 0.00000132. The standard InChI is InChI=1S/C15H16N4OS.2H2/c21-15(17-11-5-2-1-3-6-11)19-18-12-8-10-20-13-7-4-9-16-14(12)13;;/h2,4-7,9H,1,3,8,10H2,(H2,17,19,21);2*1H/b18-12-;;. The van der Waals surface area contributed by atoms with Crippen LogP contribution in [0.3, 0.4) is 0 Å². The minimum atomic E-state index is 0. The Hall–Kier alpha value is -2.21. The van der Waals surface area contributed by atoms with Crippen molar-refractivity contribution in [1.82, 2.24) is 15.7 Å². The second-order valence-electron chi connectivity index (χ2n) is 4.71. The van der Waals surface area contributed by atoms with Crippen molar-refractivity contribution in [3.63, 3.8) is 0 Å². The lowest BCUT2D eigenvalue weighted by atomic mass is 10.1. The van der Waals surface area contributed by atoms with E-state index >= 15 is 0 Å². The van der Waals surface area contributed by atoms with Crippen LogP contribution in [-0.4, -0.2) is 22.4 Å². The molecule has 2 N–H and O–H groups in total. The fourth-order valence-electron chi connectivity index (χ4n) is 2.19. The van der Waals surface area contributed by atoms with Gasteiger partial charge in [-0.15, -0.1) is 0 Å². The molecule has 0 fully saturated rings. The van der Waals surface area contributed by atoms with Crippen LogP contribution < -0.4 is 15.5 Å². The number of nitrogens with zero attached hydrogens (tertiary/aromatic N) is 2. The lowest BCUT2D eigenvalue weighted by molar-refractivity contribution is 0.318. The van der Waals surface area contributed by atoms with Gasteiger partial charge in [0, 0.05) is 21.2 Å². The highest BCUT2D eigenvalue weighted by molar-refractivity contribution is 7.80. The highest BCUT2D eigenvalue weighted by Gasteiger charge is 2.17.